The van der Waals surface area contributed by atoms with E-state index in [1.165, 1.54) is 29.6 Å². The van der Waals surface area contributed by atoms with Crippen LogP contribution in [0.1, 0.15) is 69.2 Å². The fourth-order valence-corrected chi connectivity index (χ4v) is 2.19. The first-order valence-electron chi connectivity index (χ1n) is 7.66. The molecule has 1 aliphatic carbocycles. The summed E-state index contributed by atoms with van der Waals surface area (Å²) in [5.41, 5.74) is 0. The zero-order valence-corrected chi connectivity index (χ0v) is 18.3. The Balaban J connectivity index is 0. The van der Waals surface area contributed by atoms with Gasteiger partial charge in [0.15, 0.2) is 0 Å². The predicted octanol–water partition coefficient (Wildman–Crippen LogP) is 6.25. The molecular weight excluding hydrogens is 381 g/mol. The van der Waals surface area contributed by atoms with Crippen LogP contribution in [0.5, 0.6) is 0 Å². The van der Waals surface area contributed by atoms with E-state index in [0.29, 0.717) is 12.1 Å². The number of aliphatic imine (C=N–C) groups is 1. The summed E-state index contributed by atoms with van der Waals surface area (Å²) >= 11 is 1.82. The van der Waals surface area contributed by atoms with E-state index in [1.807, 2.05) is 24.2 Å². The summed E-state index contributed by atoms with van der Waals surface area (Å²) in [4.78, 5) is 4.27. The summed E-state index contributed by atoms with van der Waals surface area (Å²) in [7, 11) is 4.57. The molecule has 0 spiro atoms. The maximum absolute atomic E-state index is 4.57. The van der Waals surface area contributed by atoms with Gasteiger partial charge in [0.25, 0.3) is 0 Å². The third-order valence-electron chi connectivity index (χ3n) is 3.70. The van der Waals surface area contributed by atoms with Gasteiger partial charge >= 0.3 is 27.0 Å². The number of amidine groups is 1. The van der Waals surface area contributed by atoms with Gasteiger partial charge in [-0.25, -0.2) is 0 Å². The van der Waals surface area contributed by atoms with Gasteiger partial charge in [0.2, 0.25) is 0 Å². The van der Waals surface area contributed by atoms with Crippen molar-refractivity contribution in [2.75, 3.05) is 0 Å². The van der Waals surface area contributed by atoms with Crippen LogP contribution >= 0.6 is 9.69 Å². The van der Waals surface area contributed by atoms with E-state index < -0.39 is 0 Å². The van der Waals surface area contributed by atoms with Crippen molar-refractivity contribution in [3.63, 3.8) is 0 Å². The molecule has 0 unspecified atom stereocenters. The van der Waals surface area contributed by atoms with Gasteiger partial charge in [-0.3, -0.25) is 0 Å². The number of hydrogen-bond donors (Lipinski definition) is 0. The minimum atomic E-state index is 0.363. The number of nitrogens with zero attached hydrogens (tertiary/aromatic N) is 2. The van der Waals surface area contributed by atoms with E-state index >= 15 is 0 Å². The zero-order chi connectivity index (χ0) is 18.0. The SMILES string of the molecule is CC(=NC(C)C)[N-]C(C)C.C[C]1[C](C)[C](C)[C](C)[C]1C.[Cl][Ru+2]. The van der Waals surface area contributed by atoms with E-state index in [-0.39, 0.29) is 0 Å². The quantitative estimate of drug-likeness (QED) is 0.291. The summed E-state index contributed by atoms with van der Waals surface area (Å²) < 4.78 is 0. The Bertz CT molecular complexity index is 261. The Morgan fingerprint density at radius 3 is 1.27 bits per heavy atom. The molecule has 0 aromatic heterocycles. The van der Waals surface area contributed by atoms with Crippen molar-refractivity contribution < 1.29 is 17.3 Å². The van der Waals surface area contributed by atoms with Crippen LogP contribution in [0.4, 0.5) is 0 Å². The summed E-state index contributed by atoms with van der Waals surface area (Å²) in [5.74, 6) is 8.25. The molecule has 5 radical (unpaired) electrons. The van der Waals surface area contributed by atoms with E-state index in [0.717, 1.165) is 5.84 Å². The third kappa shape index (κ3) is 9.51. The number of halogens is 1. The molecule has 22 heavy (non-hydrogen) atoms. The molecule has 0 aromatic carbocycles. The van der Waals surface area contributed by atoms with Crippen LogP contribution in [0.15, 0.2) is 4.99 Å². The fourth-order valence-electron chi connectivity index (χ4n) is 2.19. The topological polar surface area (TPSA) is 26.5 Å². The summed E-state index contributed by atoms with van der Waals surface area (Å²) in [6, 6.07) is 0.727. The van der Waals surface area contributed by atoms with Crippen molar-refractivity contribution in [3.05, 3.63) is 34.9 Å². The molecule has 0 saturated heterocycles. The Hall–Kier alpha value is 0.383. The number of hydrogen-bond acceptors (Lipinski definition) is 1. The normalized spacial score (nSPS) is 19.0. The first-order chi connectivity index (χ1) is 10.1. The van der Waals surface area contributed by atoms with Crippen LogP contribution in [0.25, 0.3) is 5.32 Å². The minimum absolute atomic E-state index is 0.363. The van der Waals surface area contributed by atoms with Gasteiger partial charge in [-0.1, -0.05) is 68.1 Å². The van der Waals surface area contributed by atoms with Crippen molar-refractivity contribution in [1.29, 1.82) is 0 Å². The van der Waals surface area contributed by atoms with Crippen LogP contribution in [-0.2, 0) is 17.3 Å². The second kappa shape index (κ2) is 12.8. The predicted molar refractivity (Wildman–Crippen MR) is 97.2 cm³/mol. The monoisotopic (exact) mass is 413 g/mol. The van der Waals surface area contributed by atoms with Gasteiger partial charge in [0, 0.05) is 0 Å². The molecule has 0 amide bonds. The summed E-state index contributed by atoms with van der Waals surface area (Å²) in [6.07, 6.45) is 0. The first kappa shape index (κ1) is 24.6. The maximum atomic E-state index is 4.57. The van der Waals surface area contributed by atoms with Gasteiger partial charge in [-0.2, -0.15) is 0 Å². The molecule has 0 heterocycles. The second-order valence-corrected chi connectivity index (χ2v) is 6.12. The van der Waals surface area contributed by atoms with Crippen molar-refractivity contribution >= 4 is 15.5 Å². The third-order valence-corrected chi connectivity index (χ3v) is 3.70. The average Bonchev–Trinajstić information content (AvgIpc) is 2.58. The van der Waals surface area contributed by atoms with Crippen LogP contribution in [-0.4, -0.2) is 17.9 Å². The molecular formula is C18H32ClN2Ru+. The van der Waals surface area contributed by atoms with Crippen LogP contribution in [0, 0.1) is 29.6 Å². The molecule has 0 bridgehead atoms. The van der Waals surface area contributed by atoms with Crippen LogP contribution in [0.2, 0.25) is 0 Å². The Morgan fingerprint density at radius 1 is 0.818 bits per heavy atom. The second-order valence-electron chi connectivity index (χ2n) is 6.12. The van der Waals surface area contributed by atoms with E-state index in [4.69, 9.17) is 0 Å². The molecule has 1 fully saturated rings. The summed E-state index contributed by atoms with van der Waals surface area (Å²) in [5, 5.41) is 4.27. The molecule has 1 saturated carbocycles. The van der Waals surface area contributed by atoms with Crippen LogP contribution < -0.4 is 0 Å². The fraction of sp³-hybridized carbons (Fsp3) is 0.667. The molecule has 2 nitrogen and oxygen atoms in total. The molecule has 0 atom stereocenters. The Labute approximate surface area is 154 Å². The van der Waals surface area contributed by atoms with Gasteiger partial charge in [-0.15, -0.1) is 0 Å². The van der Waals surface area contributed by atoms with E-state index in [2.05, 4.69) is 82.3 Å². The van der Waals surface area contributed by atoms with Crippen molar-refractivity contribution in [2.45, 2.75) is 81.3 Å². The van der Waals surface area contributed by atoms with Gasteiger partial charge in [0.05, 0.1) is 0 Å². The average molecular weight is 413 g/mol. The molecule has 0 N–H and O–H groups in total. The van der Waals surface area contributed by atoms with Crippen molar-refractivity contribution in [3.8, 4) is 0 Å². The van der Waals surface area contributed by atoms with Gasteiger partial charge < -0.3 is 10.3 Å². The van der Waals surface area contributed by atoms with Gasteiger partial charge in [0.1, 0.15) is 0 Å². The Kier molecular flexibility index (Phi) is 14.3. The Morgan fingerprint density at radius 2 is 1.09 bits per heavy atom. The van der Waals surface area contributed by atoms with Crippen LogP contribution in [0.3, 0.4) is 0 Å². The van der Waals surface area contributed by atoms with E-state index in [1.54, 1.807) is 0 Å². The molecule has 0 aromatic rings. The van der Waals surface area contributed by atoms with E-state index in [9.17, 15) is 0 Å². The molecule has 128 valence electrons. The number of rotatable bonds is 2. The van der Waals surface area contributed by atoms with Gasteiger partial charge in [-0.05, 0) is 48.6 Å². The molecule has 1 aliphatic rings. The summed E-state index contributed by atoms with van der Waals surface area (Å²) in [6.45, 7) is 21.2. The molecule has 0 aliphatic heterocycles. The standard InChI is InChI=1S/C10H15.C8H17N2.ClH.Ru/c1-6-7(2)9(4)10(5)8(6)3;1-6(2)9-8(5)10-7(3)4;;/h1-5H3;6-7H,1-5H3;1H;/q;-1;;+3/p-1. The van der Waals surface area contributed by atoms with Crippen molar-refractivity contribution in [2.24, 2.45) is 4.99 Å². The first-order valence-corrected chi connectivity index (χ1v) is 9.89. The molecule has 1 rings (SSSR count). The molecule has 4 heteroatoms. The van der Waals surface area contributed by atoms with Crippen molar-refractivity contribution in [1.82, 2.24) is 0 Å². The zero-order valence-electron chi connectivity index (χ0n) is 15.8.